The van der Waals surface area contributed by atoms with Gasteiger partial charge in [-0.2, -0.15) is 0 Å². The zero-order valence-electron chi connectivity index (χ0n) is 10.7. The summed E-state index contributed by atoms with van der Waals surface area (Å²) in [7, 11) is 0. The van der Waals surface area contributed by atoms with Crippen LogP contribution in [-0.4, -0.2) is 11.0 Å². The van der Waals surface area contributed by atoms with E-state index < -0.39 is 0 Å². The van der Waals surface area contributed by atoms with E-state index in [-0.39, 0.29) is 17.5 Å². The molecule has 0 radical (unpaired) electrons. The van der Waals surface area contributed by atoms with Crippen LogP contribution in [0.4, 0.5) is 10.1 Å². The molecule has 2 aromatic carbocycles. The van der Waals surface area contributed by atoms with Crippen LogP contribution >= 0.6 is 0 Å². The SMILES string of the molecule is Cc1cc(O)ccc1NC(=O)c1ccc(F)cc1C. The molecule has 3 nitrogen and oxygen atoms in total. The van der Waals surface area contributed by atoms with Crippen LogP contribution in [0.25, 0.3) is 0 Å². The quantitative estimate of drug-likeness (QED) is 0.812. The van der Waals surface area contributed by atoms with Gasteiger partial charge in [-0.05, 0) is 61.4 Å². The topological polar surface area (TPSA) is 49.3 Å². The summed E-state index contributed by atoms with van der Waals surface area (Å²) in [5.41, 5.74) is 2.38. The number of anilines is 1. The van der Waals surface area contributed by atoms with E-state index in [2.05, 4.69) is 5.32 Å². The molecular formula is C15H14FNO2. The average Bonchev–Trinajstić information content (AvgIpc) is 2.32. The first kappa shape index (κ1) is 13.1. The first-order valence-electron chi connectivity index (χ1n) is 5.84. The Labute approximate surface area is 110 Å². The largest absolute Gasteiger partial charge is 0.508 e. The number of amides is 1. The van der Waals surface area contributed by atoms with E-state index in [1.807, 2.05) is 0 Å². The molecule has 0 saturated heterocycles. The first-order chi connectivity index (χ1) is 8.97. The van der Waals surface area contributed by atoms with E-state index in [0.717, 1.165) is 5.56 Å². The van der Waals surface area contributed by atoms with Crippen LogP contribution in [0, 0.1) is 19.7 Å². The van der Waals surface area contributed by atoms with Crippen molar-refractivity contribution in [2.75, 3.05) is 5.32 Å². The fourth-order valence-electron chi connectivity index (χ4n) is 1.86. The van der Waals surface area contributed by atoms with Crippen molar-refractivity contribution >= 4 is 11.6 Å². The van der Waals surface area contributed by atoms with Crippen LogP contribution < -0.4 is 5.32 Å². The van der Waals surface area contributed by atoms with Gasteiger partial charge in [0, 0.05) is 11.3 Å². The van der Waals surface area contributed by atoms with Gasteiger partial charge in [-0.25, -0.2) is 4.39 Å². The lowest BCUT2D eigenvalue weighted by Gasteiger charge is -2.10. The minimum Gasteiger partial charge on any atom is -0.508 e. The zero-order valence-corrected chi connectivity index (χ0v) is 10.7. The maximum atomic E-state index is 13.0. The summed E-state index contributed by atoms with van der Waals surface area (Å²) in [5, 5.41) is 12.1. The van der Waals surface area contributed by atoms with E-state index >= 15 is 0 Å². The molecule has 0 fully saturated rings. The van der Waals surface area contributed by atoms with Gasteiger partial charge in [-0.15, -0.1) is 0 Å². The summed E-state index contributed by atoms with van der Waals surface area (Å²) in [4.78, 5) is 12.1. The van der Waals surface area contributed by atoms with Gasteiger partial charge < -0.3 is 10.4 Å². The predicted octanol–water partition coefficient (Wildman–Crippen LogP) is 3.40. The Hall–Kier alpha value is -2.36. The lowest BCUT2D eigenvalue weighted by molar-refractivity contribution is 0.102. The molecule has 2 rings (SSSR count). The zero-order chi connectivity index (χ0) is 14.0. The van der Waals surface area contributed by atoms with Crippen LogP contribution in [0.2, 0.25) is 0 Å². The fraction of sp³-hybridized carbons (Fsp3) is 0.133. The predicted molar refractivity (Wildman–Crippen MR) is 71.9 cm³/mol. The minimum absolute atomic E-state index is 0.147. The van der Waals surface area contributed by atoms with Crippen molar-refractivity contribution in [3.8, 4) is 5.75 Å². The minimum atomic E-state index is -0.366. The number of hydrogen-bond donors (Lipinski definition) is 2. The molecule has 0 atom stereocenters. The highest BCUT2D eigenvalue weighted by Gasteiger charge is 2.11. The molecule has 19 heavy (non-hydrogen) atoms. The number of halogens is 1. The summed E-state index contributed by atoms with van der Waals surface area (Å²) in [5.74, 6) is -0.519. The van der Waals surface area contributed by atoms with E-state index in [4.69, 9.17) is 0 Å². The standard InChI is InChI=1S/C15H14FNO2/c1-9-7-11(16)3-5-13(9)15(19)17-14-6-4-12(18)8-10(14)2/h3-8,18H,1-2H3,(H,17,19). The van der Waals surface area contributed by atoms with Crippen LogP contribution in [-0.2, 0) is 0 Å². The maximum absolute atomic E-state index is 13.0. The number of aryl methyl sites for hydroxylation is 2. The van der Waals surface area contributed by atoms with Crippen molar-refractivity contribution in [2.24, 2.45) is 0 Å². The van der Waals surface area contributed by atoms with Gasteiger partial charge in [-0.1, -0.05) is 0 Å². The molecular weight excluding hydrogens is 245 g/mol. The van der Waals surface area contributed by atoms with E-state index in [1.54, 1.807) is 26.0 Å². The van der Waals surface area contributed by atoms with Crippen molar-refractivity contribution in [2.45, 2.75) is 13.8 Å². The van der Waals surface area contributed by atoms with Crippen LogP contribution in [0.1, 0.15) is 21.5 Å². The van der Waals surface area contributed by atoms with Crippen molar-refractivity contribution in [1.82, 2.24) is 0 Å². The third-order valence-electron chi connectivity index (χ3n) is 2.89. The van der Waals surface area contributed by atoms with E-state index in [0.29, 0.717) is 16.8 Å². The van der Waals surface area contributed by atoms with Gasteiger partial charge >= 0.3 is 0 Å². The van der Waals surface area contributed by atoms with Crippen LogP contribution in [0.3, 0.4) is 0 Å². The van der Waals surface area contributed by atoms with E-state index in [9.17, 15) is 14.3 Å². The molecule has 2 N–H and O–H groups in total. The highest BCUT2D eigenvalue weighted by atomic mass is 19.1. The second kappa shape index (κ2) is 5.10. The molecule has 4 heteroatoms. The molecule has 0 saturated carbocycles. The number of carbonyl (C=O) groups is 1. The van der Waals surface area contributed by atoms with E-state index in [1.165, 1.54) is 24.3 Å². The van der Waals surface area contributed by atoms with Crippen LogP contribution in [0.5, 0.6) is 5.75 Å². The summed E-state index contributed by atoms with van der Waals surface area (Å²) < 4.78 is 13.0. The summed E-state index contributed by atoms with van der Waals surface area (Å²) in [6, 6.07) is 8.72. The lowest BCUT2D eigenvalue weighted by Crippen LogP contribution is -2.14. The van der Waals surface area contributed by atoms with Gasteiger partial charge in [0.25, 0.3) is 5.91 Å². The number of aromatic hydroxyl groups is 1. The Kier molecular flexibility index (Phi) is 3.51. The van der Waals surface area contributed by atoms with Gasteiger partial charge in [-0.3, -0.25) is 4.79 Å². The lowest BCUT2D eigenvalue weighted by atomic mass is 10.1. The van der Waals surface area contributed by atoms with Gasteiger partial charge in [0.2, 0.25) is 0 Å². The summed E-state index contributed by atoms with van der Waals surface area (Å²) in [6.45, 7) is 3.47. The van der Waals surface area contributed by atoms with Crippen molar-refractivity contribution in [3.63, 3.8) is 0 Å². The number of phenolic OH excluding ortho intramolecular Hbond substituents is 1. The maximum Gasteiger partial charge on any atom is 0.255 e. The molecule has 0 aromatic heterocycles. The molecule has 0 heterocycles. The highest BCUT2D eigenvalue weighted by Crippen LogP contribution is 2.21. The molecule has 0 aliphatic heterocycles. The molecule has 1 amide bonds. The van der Waals surface area contributed by atoms with Crippen LogP contribution in [0.15, 0.2) is 36.4 Å². The Bertz CT molecular complexity index is 638. The third-order valence-corrected chi connectivity index (χ3v) is 2.89. The number of carbonyl (C=O) groups excluding carboxylic acids is 1. The second-order valence-electron chi connectivity index (χ2n) is 4.41. The van der Waals surface area contributed by atoms with Gasteiger partial charge in [0.1, 0.15) is 11.6 Å². The Morgan fingerprint density at radius 2 is 1.84 bits per heavy atom. The Morgan fingerprint density at radius 3 is 2.47 bits per heavy atom. The highest BCUT2D eigenvalue weighted by molar-refractivity contribution is 6.05. The Morgan fingerprint density at radius 1 is 1.11 bits per heavy atom. The average molecular weight is 259 g/mol. The van der Waals surface area contributed by atoms with Gasteiger partial charge in [0.05, 0.1) is 0 Å². The van der Waals surface area contributed by atoms with Crippen molar-refractivity contribution < 1.29 is 14.3 Å². The molecule has 0 aliphatic carbocycles. The summed E-state index contributed by atoms with van der Waals surface area (Å²) in [6.07, 6.45) is 0. The number of benzene rings is 2. The van der Waals surface area contributed by atoms with Crippen molar-refractivity contribution in [1.29, 1.82) is 0 Å². The number of phenols is 1. The number of rotatable bonds is 2. The van der Waals surface area contributed by atoms with Crippen molar-refractivity contribution in [3.05, 3.63) is 58.9 Å². The monoisotopic (exact) mass is 259 g/mol. The molecule has 0 bridgehead atoms. The molecule has 0 spiro atoms. The first-order valence-corrected chi connectivity index (χ1v) is 5.84. The number of nitrogens with one attached hydrogen (secondary N) is 1. The fourth-order valence-corrected chi connectivity index (χ4v) is 1.86. The Balaban J connectivity index is 2.25. The molecule has 98 valence electrons. The second-order valence-corrected chi connectivity index (χ2v) is 4.41. The third kappa shape index (κ3) is 2.91. The summed E-state index contributed by atoms with van der Waals surface area (Å²) >= 11 is 0. The van der Waals surface area contributed by atoms with Gasteiger partial charge in [0.15, 0.2) is 0 Å². The number of hydrogen-bond acceptors (Lipinski definition) is 2. The normalized spacial score (nSPS) is 10.3. The molecule has 2 aromatic rings. The molecule has 0 aliphatic rings. The smallest absolute Gasteiger partial charge is 0.255 e. The molecule has 0 unspecified atom stereocenters.